The summed E-state index contributed by atoms with van der Waals surface area (Å²) in [4.78, 5) is 0. The molecule has 0 saturated carbocycles. The molecule has 2 aliphatic heterocycles. The van der Waals surface area contributed by atoms with E-state index in [-0.39, 0.29) is 24.5 Å². The zero-order valence-electron chi connectivity index (χ0n) is 16.5. The molecule has 2 aliphatic rings. The van der Waals surface area contributed by atoms with Gasteiger partial charge < -0.3 is 44.5 Å². The molecule has 5 N–H and O–H groups in total. The maximum absolute atomic E-state index is 10.4. The molecule has 0 aromatic carbocycles. The van der Waals surface area contributed by atoms with Gasteiger partial charge in [0.2, 0.25) is 0 Å². The van der Waals surface area contributed by atoms with E-state index in [1.807, 2.05) is 27.7 Å². The Morgan fingerprint density at radius 2 is 1.41 bits per heavy atom. The molecule has 2 rings (SSSR count). The lowest BCUT2D eigenvalue weighted by molar-refractivity contribution is -0.360. The van der Waals surface area contributed by atoms with Gasteiger partial charge in [-0.15, -0.1) is 0 Å². The number of rotatable bonds is 6. The fourth-order valence-corrected chi connectivity index (χ4v) is 3.55. The highest BCUT2D eigenvalue weighted by atomic mass is 16.8. The van der Waals surface area contributed by atoms with Crippen LogP contribution in [0.15, 0.2) is 0 Å². The smallest absolute Gasteiger partial charge is 0.187 e. The van der Waals surface area contributed by atoms with E-state index < -0.39 is 55.3 Å². The molecule has 0 aliphatic carbocycles. The largest absolute Gasteiger partial charge is 0.388 e. The lowest BCUT2D eigenvalue weighted by atomic mass is 9.95. The van der Waals surface area contributed by atoms with Crippen LogP contribution in [0.25, 0.3) is 0 Å². The molecule has 1 unspecified atom stereocenters. The summed E-state index contributed by atoms with van der Waals surface area (Å²) in [5.41, 5.74) is 0. The summed E-state index contributed by atoms with van der Waals surface area (Å²) in [5.74, 6) is 0.346. The highest BCUT2D eigenvalue weighted by Crippen LogP contribution is 2.29. The van der Waals surface area contributed by atoms with Crippen molar-refractivity contribution in [2.24, 2.45) is 11.8 Å². The first kappa shape index (κ1) is 22.9. The van der Waals surface area contributed by atoms with Gasteiger partial charge in [0.15, 0.2) is 12.6 Å². The molecule has 2 heterocycles. The van der Waals surface area contributed by atoms with Gasteiger partial charge in [-0.25, -0.2) is 0 Å². The van der Waals surface area contributed by atoms with Crippen molar-refractivity contribution >= 4 is 0 Å². The van der Waals surface area contributed by atoms with E-state index in [1.165, 1.54) is 6.92 Å². The molecule has 0 spiro atoms. The van der Waals surface area contributed by atoms with Gasteiger partial charge in [-0.3, -0.25) is 0 Å². The first-order valence-corrected chi connectivity index (χ1v) is 9.52. The summed E-state index contributed by atoms with van der Waals surface area (Å²) < 4.78 is 22.7. The van der Waals surface area contributed by atoms with Crippen molar-refractivity contribution in [2.75, 3.05) is 6.61 Å². The molecule has 9 nitrogen and oxygen atoms in total. The van der Waals surface area contributed by atoms with E-state index in [0.29, 0.717) is 0 Å². The van der Waals surface area contributed by atoms with E-state index in [4.69, 9.17) is 18.9 Å². The van der Waals surface area contributed by atoms with Crippen molar-refractivity contribution in [3.63, 3.8) is 0 Å². The van der Waals surface area contributed by atoms with Crippen LogP contribution in [0, 0.1) is 11.8 Å². The van der Waals surface area contributed by atoms with Gasteiger partial charge in [0.1, 0.15) is 36.6 Å². The van der Waals surface area contributed by atoms with Crippen LogP contribution >= 0.6 is 0 Å². The van der Waals surface area contributed by atoms with Gasteiger partial charge in [-0.1, -0.05) is 27.7 Å². The quantitative estimate of drug-likeness (QED) is 0.383. The summed E-state index contributed by atoms with van der Waals surface area (Å²) >= 11 is 0. The Hall–Kier alpha value is -0.360. The molecule has 0 aromatic heterocycles. The first-order chi connectivity index (χ1) is 12.5. The number of aliphatic hydroxyl groups excluding tert-OH is 5. The molecule has 0 radical (unpaired) electrons. The van der Waals surface area contributed by atoms with Gasteiger partial charge in [-0.2, -0.15) is 0 Å². The molecule has 9 heteroatoms. The molecule has 0 amide bonds. The van der Waals surface area contributed by atoms with Crippen molar-refractivity contribution in [3.8, 4) is 0 Å². The zero-order chi connectivity index (χ0) is 20.5. The number of aliphatic hydroxyl groups is 5. The van der Waals surface area contributed by atoms with E-state index in [9.17, 15) is 25.5 Å². The van der Waals surface area contributed by atoms with Gasteiger partial charge in [0.05, 0.1) is 18.8 Å². The van der Waals surface area contributed by atoms with Crippen molar-refractivity contribution in [1.82, 2.24) is 0 Å². The maximum Gasteiger partial charge on any atom is 0.187 e. The van der Waals surface area contributed by atoms with Crippen LogP contribution in [0.4, 0.5) is 0 Å². The summed E-state index contributed by atoms with van der Waals surface area (Å²) in [7, 11) is 0. The Balaban J connectivity index is 2.15. The monoisotopic (exact) mass is 394 g/mol. The minimum Gasteiger partial charge on any atom is -0.388 e. The minimum absolute atomic E-state index is 0.125. The molecule has 9 atom stereocenters. The number of ether oxygens (including phenoxy) is 4. The predicted molar refractivity (Wildman–Crippen MR) is 93.5 cm³/mol. The minimum atomic E-state index is -1.53. The highest BCUT2D eigenvalue weighted by molar-refractivity contribution is 4.90. The average Bonchev–Trinajstić information content (AvgIpc) is 2.60. The van der Waals surface area contributed by atoms with Crippen LogP contribution in [-0.4, -0.2) is 93.6 Å². The Labute approximate surface area is 159 Å². The van der Waals surface area contributed by atoms with Crippen molar-refractivity contribution < 1.29 is 44.5 Å². The molecule has 160 valence electrons. The Bertz CT molecular complexity index is 452. The van der Waals surface area contributed by atoms with Crippen LogP contribution in [0.1, 0.15) is 34.6 Å². The number of hydrogen-bond donors (Lipinski definition) is 5. The average molecular weight is 394 g/mol. The molecule has 0 bridgehead atoms. The van der Waals surface area contributed by atoms with E-state index >= 15 is 0 Å². The lowest BCUT2D eigenvalue weighted by Gasteiger charge is -2.45. The standard InChI is InChI=1S/C18H34O9/c1-7(2)15(8(3)4)26-18-16(12(21)10(19)6-24-18)27-17-14(23)13(22)11(20)9(5)25-17/h7-23H,6H2,1-5H3/t9-,10-,11-,12-,13+,14+,16+,17-,18?/m0/s1. The summed E-state index contributed by atoms with van der Waals surface area (Å²) in [6, 6.07) is 0. The second-order valence-corrected chi connectivity index (χ2v) is 8.13. The van der Waals surface area contributed by atoms with Crippen molar-refractivity contribution in [2.45, 2.75) is 96.0 Å². The summed E-state index contributed by atoms with van der Waals surface area (Å²) in [5, 5.41) is 50.3. The predicted octanol–water partition coefficient (Wildman–Crippen LogP) is -1.03. The second kappa shape index (κ2) is 9.43. The Kier molecular flexibility index (Phi) is 8.00. The van der Waals surface area contributed by atoms with Crippen molar-refractivity contribution in [1.29, 1.82) is 0 Å². The van der Waals surface area contributed by atoms with E-state index in [0.717, 1.165) is 0 Å². The van der Waals surface area contributed by atoms with Crippen LogP contribution in [0.3, 0.4) is 0 Å². The Morgan fingerprint density at radius 1 is 0.815 bits per heavy atom. The SMILES string of the molecule is CC(C)C(OC1OC[C@H](O)[C@H](O)[C@H]1O[C@@H]1O[C@@H](C)[C@H](O)[C@@H](O)[C@H]1O)C(C)C. The molecular weight excluding hydrogens is 360 g/mol. The third-order valence-electron chi connectivity index (χ3n) is 5.14. The van der Waals surface area contributed by atoms with Gasteiger partial charge in [-0.05, 0) is 18.8 Å². The third-order valence-corrected chi connectivity index (χ3v) is 5.14. The van der Waals surface area contributed by atoms with Crippen LogP contribution in [0.5, 0.6) is 0 Å². The molecule has 2 fully saturated rings. The molecule has 0 aromatic rings. The lowest BCUT2D eigenvalue weighted by Crippen LogP contribution is -2.62. The summed E-state index contributed by atoms with van der Waals surface area (Å²) in [6.45, 7) is 9.41. The normalized spacial score (nSPS) is 43.7. The van der Waals surface area contributed by atoms with Gasteiger partial charge in [0.25, 0.3) is 0 Å². The topological polar surface area (TPSA) is 138 Å². The first-order valence-electron chi connectivity index (χ1n) is 9.52. The van der Waals surface area contributed by atoms with Crippen LogP contribution in [0.2, 0.25) is 0 Å². The van der Waals surface area contributed by atoms with Crippen LogP contribution < -0.4 is 0 Å². The van der Waals surface area contributed by atoms with E-state index in [2.05, 4.69) is 0 Å². The molecular formula is C18H34O9. The summed E-state index contributed by atoms with van der Waals surface area (Å²) in [6.07, 6.45) is -11.2. The maximum atomic E-state index is 10.4. The highest BCUT2D eigenvalue weighted by Gasteiger charge is 2.48. The van der Waals surface area contributed by atoms with Crippen molar-refractivity contribution in [3.05, 3.63) is 0 Å². The Morgan fingerprint density at radius 3 is 1.96 bits per heavy atom. The van der Waals surface area contributed by atoms with Crippen LogP contribution in [-0.2, 0) is 18.9 Å². The van der Waals surface area contributed by atoms with E-state index in [1.54, 1.807) is 0 Å². The second-order valence-electron chi connectivity index (χ2n) is 8.13. The van der Waals surface area contributed by atoms with Gasteiger partial charge in [0, 0.05) is 0 Å². The van der Waals surface area contributed by atoms with Gasteiger partial charge >= 0.3 is 0 Å². The fourth-order valence-electron chi connectivity index (χ4n) is 3.55. The zero-order valence-corrected chi connectivity index (χ0v) is 16.5. The molecule has 27 heavy (non-hydrogen) atoms. The fraction of sp³-hybridized carbons (Fsp3) is 1.00. The number of hydrogen-bond acceptors (Lipinski definition) is 9. The third kappa shape index (κ3) is 5.17. The molecule has 2 saturated heterocycles.